The van der Waals surface area contributed by atoms with Gasteiger partial charge in [0.25, 0.3) is 0 Å². The highest BCUT2D eigenvalue weighted by atomic mass is 35.5. The van der Waals surface area contributed by atoms with Crippen LogP contribution in [0.25, 0.3) is 0 Å². The topological polar surface area (TPSA) is 36.4 Å². The molecule has 0 saturated carbocycles. The van der Waals surface area contributed by atoms with Crippen LogP contribution in [0.5, 0.6) is 0 Å². The number of carbonyl (C=O) groups excluding carboxylic acids is 1. The number of carbonyl (C=O) groups is 1. The fourth-order valence-electron chi connectivity index (χ4n) is 2.25. The maximum Gasteiger partial charge on any atom is 0.196 e. The number of hydrogen-bond acceptors (Lipinski definition) is 5. The van der Waals surface area contributed by atoms with Crippen molar-refractivity contribution in [1.29, 1.82) is 0 Å². The molecule has 1 atom stereocenters. The summed E-state index contributed by atoms with van der Waals surface area (Å²) in [5, 5.41) is 2.74. The summed E-state index contributed by atoms with van der Waals surface area (Å²) in [6, 6.07) is 0.419. The molecule has 1 saturated heterocycles. The average Bonchev–Trinajstić information content (AvgIpc) is 2.76. The summed E-state index contributed by atoms with van der Waals surface area (Å²) in [6.45, 7) is 5.33. The molecule has 0 bridgehead atoms. The van der Waals surface area contributed by atoms with Gasteiger partial charge >= 0.3 is 0 Å². The van der Waals surface area contributed by atoms with Crippen molar-refractivity contribution >= 4 is 33.9 Å². The van der Waals surface area contributed by atoms with Crippen LogP contribution in [0, 0.1) is 0 Å². The molecule has 2 rings (SSSR count). The molecule has 0 N–H and O–H groups in total. The van der Waals surface area contributed by atoms with E-state index in [9.17, 15) is 4.79 Å². The summed E-state index contributed by atoms with van der Waals surface area (Å²) >= 11 is 7.08. The molecule has 1 aliphatic rings. The first-order valence-electron chi connectivity index (χ1n) is 6.11. The zero-order valence-corrected chi connectivity index (χ0v) is 12.3. The lowest BCUT2D eigenvalue weighted by Gasteiger charge is -2.27. The Hall–Kier alpha value is -0.650. The highest BCUT2D eigenvalue weighted by molar-refractivity contribution is 7.14. The van der Waals surface area contributed by atoms with Gasteiger partial charge in [-0.05, 0) is 26.9 Å². The van der Waals surface area contributed by atoms with Crippen molar-refractivity contribution in [2.24, 2.45) is 0 Å². The van der Waals surface area contributed by atoms with Crippen LogP contribution < -0.4 is 4.90 Å². The number of nitrogens with zero attached hydrogens (tertiary/aromatic N) is 3. The molecule has 1 fully saturated rings. The number of thiazole rings is 1. The normalized spacial score (nSPS) is 21.9. The van der Waals surface area contributed by atoms with E-state index in [4.69, 9.17) is 11.6 Å². The van der Waals surface area contributed by atoms with Crippen LogP contribution >= 0.6 is 22.9 Å². The van der Waals surface area contributed by atoms with Crippen LogP contribution in [0.1, 0.15) is 23.8 Å². The third-order valence-electron chi connectivity index (χ3n) is 3.19. The van der Waals surface area contributed by atoms with Crippen molar-refractivity contribution in [3.05, 3.63) is 11.1 Å². The van der Waals surface area contributed by atoms with E-state index in [1.54, 1.807) is 5.38 Å². The Morgan fingerprint density at radius 1 is 1.61 bits per heavy atom. The zero-order chi connectivity index (χ0) is 13.1. The smallest absolute Gasteiger partial charge is 0.196 e. The third kappa shape index (κ3) is 3.02. The van der Waals surface area contributed by atoms with Crippen molar-refractivity contribution in [1.82, 2.24) is 9.88 Å². The number of likely N-dealkylation sites (N-methyl/N-ethyl adjacent to an activating group) is 1. The van der Waals surface area contributed by atoms with E-state index in [2.05, 4.69) is 28.8 Å². The molecular formula is C12H18ClN3OS. The summed E-state index contributed by atoms with van der Waals surface area (Å²) in [6.07, 6.45) is 1.12. The first-order valence-corrected chi connectivity index (χ1v) is 7.53. The molecule has 0 radical (unpaired) electrons. The monoisotopic (exact) mass is 287 g/mol. The lowest BCUT2D eigenvalue weighted by Crippen LogP contribution is -2.37. The van der Waals surface area contributed by atoms with E-state index < -0.39 is 0 Å². The minimum atomic E-state index is -0.0984. The summed E-state index contributed by atoms with van der Waals surface area (Å²) < 4.78 is 0. The van der Waals surface area contributed by atoms with Gasteiger partial charge in [0.15, 0.2) is 10.9 Å². The first-order chi connectivity index (χ1) is 8.61. The highest BCUT2D eigenvalue weighted by Crippen LogP contribution is 2.24. The molecule has 100 valence electrons. The number of Topliss-reactive ketones (excluding diaryl/α,β-unsaturated/α-hetero) is 1. The second kappa shape index (κ2) is 5.99. The fraction of sp³-hybridized carbons (Fsp3) is 0.667. The van der Waals surface area contributed by atoms with E-state index in [1.165, 1.54) is 11.3 Å². The molecule has 1 aromatic heterocycles. The number of alkyl halides is 1. The summed E-state index contributed by atoms with van der Waals surface area (Å²) in [7, 11) is 2.14. The van der Waals surface area contributed by atoms with Crippen LogP contribution in [0.15, 0.2) is 5.38 Å². The van der Waals surface area contributed by atoms with E-state index in [0.717, 1.165) is 31.2 Å². The van der Waals surface area contributed by atoms with Crippen LogP contribution in [0.4, 0.5) is 5.13 Å². The lowest BCUT2D eigenvalue weighted by atomic mass is 10.3. The van der Waals surface area contributed by atoms with Crippen molar-refractivity contribution < 1.29 is 4.79 Å². The third-order valence-corrected chi connectivity index (χ3v) is 4.31. The minimum Gasteiger partial charge on any atom is -0.344 e. The Kier molecular flexibility index (Phi) is 4.59. The summed E-state index contributed by atoms with van der Waals surface area (Å²) in [4.78, 5) is 20.5. The van der Waals surface area contributed by atoms with Gasteiger partial charge in [-0.3, -0.25) is 4.79 Å². The van der Waals surface area contributed by atoms with Gasteiger partial charge in [0, 0.05) is 24.5 Å². The van der Waals surface area contributed by atoms with E-state index in [-0.39, 0.29) is 11.7 Å². The van der Waals surface area contributed by atoms with Gasteiger partial charge in [0.1, 0.15) is 5.69 Å². The highest BCUT2D eigenvalue weighted by Gasteiger charge is 2.22. The molecule has 0 spiro atoms. The molecular weight excluding hydrogens is 270 g/mol. The summed E-state index contributed by atoms with van der Waals surface area (Å²) in [5.41, 5.74) is 0.495. The average molecular weight is 288 g/mol. The molecule has 0 aromatic carbocycles. The number of ketones is 1. The molecule has 1 aliphatic heterocycles. The van der Waals surface area contributed by atoms with Crippen LogP contribution in [-0.2, 0) is 0 Å². The largest absolute Gasteiger partial charge is 0.344 e. The Morgan fingerprint density at radius 2 is 2.39 bits per heavy atom. The van der Waals surface area contributed by atoms with E-state index >= 15 is 0 Å². The Bertz CT molecular complexity index is 423. The molecule has 6 heteroatoms. The summed E-state index contributed by atoms with van der Waals surface area (Å²) in [5.74, 6) is -0.0969. The molecule has 2 heterocycles. The molecule has 18 heavy (non-hydrogen) atoms. The number of hydrogen-bond donors (Lipinski definition) is 0. The number of anilines is 1. The second-order valence-corrected chi connectivity index (χ2v) is 5.83. The predicted octanol–water partition coefficient (Wildman–Crippen LogP) is 2.09. The first kappa shape index (κ1) is 13.8. The van der Waals surface area contributed by atoms with Gasteiger partial charge in [-0.25, -0.2) is 4.98 Å². The van der Waals surface area contributed by atoms with Crippen molar-refractivity contribution in [2.75, 3.05) is 37.5 Å². The van der Waals surface area contributed by atoms with E-state index in [0.29, 0.717) is 11.7 Å². The van der Waals surface area contributed by atoms with Crippen molar-refractivity contribution in [3.8, 4) is 0 Å². The van der Waals surface area contributed by atoms with Crippen LogP contribution in [0.3, 0.4) is 0 Å². The lowest BCUT2D eigenvalue weighted by molar-refractivity contribution is 0.101. The molecule has 1 aromatic rings. The number of halogens is 1. The Morgan fingerprint density at radius 3 is 3.11 bits per heavy atom. The number of rotatable bonds is 3. The van der Waals surface area contributed by atoms with Gasteiger partial charge in [-0.2, -0.15) is 0 Å². The SMILES string of the molecule is CC1CN(C)CCCN1c1nc(C(=O)CCl)cs1. The van der Waals surface area contributed by atoms with Gasteiger partial charge in [-0.1, -0.05) is 0 Å². The maximum absolute atomic E-state index is 11.5. The molecule has 4 nitrogen and oxygen atoms in total. The maximum atomic E-state index is 11.5. The fourth-order valence-corrected chi connectivity index (χ4v) is 3.34. The van der Waals surface area contributed by atoms with Crippen molar-refractivity contribution in [2.45, 2.75) is 19.4 Å². The van der Waals surface area contributed by atoms with Gasteiger partial charge in [-0.15, -0.1) is 22.9 Å². The van der Waals surface area contributed by atoms with Gasteiger partial charge < -0.3 is 9.80 Å². The molecule has 0 aliphatic carbocycles. The minimum absolute atomic E-state index is 0.00145. The quantitative estimate of drug-likeness (QED) is 0.630. The Labute approximate surface area is 117 Å². The van der Waals surface area contributed by atoms with E-state index in [1.807, 2.05) is 0 Å². The molecule has 1 unspecified atom stereocenters. The predicted molar refractivity (Wildman–Crippen MR) is 76.1 cm³/mol. The zero-order valence-electron chi connectivity index (χ0n) is 10.7. The number of aromatic nitrogens is 1. The van der Waals surface area contributed by atoms with Crippen LogP contribution in [0.2, 0.25) is 0 Å². The molecule has 0 amide bonds. The van der Waals surface area contributed by atoms with Crippen molar-refractivity contribution in [3.63, 3.8) is 0 Å². The second-order valence-electron chi connectivity index (χ2n) is 4.73. The van der Waals surface area contributed by atoms with Gasteiger partial charge in [0.2, 0.25) is 0 Å². The standard InChI is InChI=1S/C12H18ClN3OS/c1-9-7-15(2)4-3-5-16(9)12-14-10(8-18-12)11(17)6-13/h8-9H,3-7H2,1-2H3. The van der Waals surface area contributed by atoms with Gasteiger partial charge in [0.05, 0.1) is 5.88 Å². The Balaban J connectivity index is 2.14. The van der Waals surface area contributed by atoms with Crippen LogP contribution in [-0.4, -0.2) is 54.3 Å².